The Balaban J connectivity index is 1.92. The number of carbonyl (C=O) groups excluding carboxylic acids is 1. The molecule has 23 heavy (non-hydrogen) atoms. The minimum absolute atomic E-state index is 0.152. The highest BCUT2D eigenvalue weighted by atomic mass is 35.5. The molecule has 0 bridgehead atoms. The summed E-state index contributed by atoms with van der Waals surface area (Å²) in [6.45, 7) is 6.87. The zero-order chi connectivity index (χ0) is 17.0. The lowest BCUT2D eigenvalue weighted by molar-refractivity contribution is 0.203. The van der Waals surface area contributed by atoms with Crippen LogP contribution in [0.25, 0.3) is 0 Å². The van der Waals surface area contributed by atoms with Crippen molar-refractivity contribution in [3.05, 3.63) is 52.4 Å². The van der Waals surface area contributed by atoms with E-state index in [4.69, 9.17) is 16.1 Å². The summed E-state index contributed by atoms with van der Waals surface area (Å²) in [5.74, 6) is 0.732. The number of aryl methyl sites for hydroxylation is 1. The van der Waals surface area contributed by atoms with Gasteiger partial charge in [0.25, 0.3) is 0 Å². The highest BCUT2D eigenvalue weighted by Gasteiger charge is 2.22. The number of nitrogens with zero attached hydrogens (tertiary/aromatic N) is 2. The minimum atomic E-state index is -0.216. The molecule has 0 radical (unpaired) electrons. The Kier molecular flexibility index (Phi) is 5.31. The largest absolute Gasteiger partial charge is 0.361 e. The molecule has 124 valence electrons. The molecule has 0 saturated heterocycles. The molecule has 0 aliphatic heterocycles. The van der Waals surface area contributed by atoms with Gasteiger partial charge in [-0.05, 0) is 24.6 Å². The summed E-state index contributed by atoms with van der Waals surface area (Å²) in [7, 11) is 1.73. The minimum Gasteiger partial charge on any atom is -0.361 e. The van der Waals surface area contributed by atoms with Crippen molar-refractivity contribution in [2.45, 2.75) is 32.7 Å². The highest BCUT2D eigenvalue weighted by molar-refractivity contribution is 6.30. The van der Waals surface area contributed by atoms with Crippen molar-refractivity contribution in [2.24, 2.45) is 0 Å². The van der Waals surface area contributed by atoms with Gasteiger partial charge in [-0.2, -0.15) is 0 Å². The number of aromatic nitrogens is 1. The third-order valence-corrected chi connectivity index (χ3v) is 3.95. The van der Waals surface area contributed by atoms with Gasteiger partial charge in [0.2, 0.25) is 0 Å². The number of hydrogen-bond donors (Lipinski definition) is 1. The fraction of sp³-hybridized carbons (Fsp3) is 0.412. The van der Waals surface area contributed by atoms with Gasteiger partial charge in [-0.1, -0.05) is 42.7 Å². The number of halogens is 1. The van der Waals surface area contributed by atoms with Gasteiger partial charge < -0.3 is 14.7 Å². The first-order valence-electron chi connectivity index (χ1n) is 7.45. The van der Waals surface area contributed by atoms with E-state index in [1.165, 1.54) is 0 Å². The number of carbonyl (C=O) groups is 1. The van der Waals surface area contributed by atoms with Gasteiger partial charge in [0.1, 0.15) is 11.5 Å². The lowest BCUT2D eigenvalue weighted by Gasteiger charge is -2.27. The second-order valence-corrected chi connectivity index (χ2v) is 6.77. The van der Waals surface area contributed by atoms with Gasteiger partial charge in [0, 0.05) is 30.1 Å². The van der Waals surface area contributed by atoms with Crippen LogP contribution in [0.3, 0.4) is 0 Å². The van der Waals surface area contributed by atoms with Gasteiger partial charge in [0.15, 0.2) is 0 Å². The molecule has 1 aromatic carbocycles. The summed E-state index contributed by atoms with van der Waals surface area (Å²) in [5.41, 5.74) is 1.60. The van der Waals surface area contributed by atoms with E-state index in [9.17, 15) is 4.79 Å². The summed E-state index contributed by atoms with van der Waals surface area (Å²) in [6, 6.07) is 9.36. The molecule has 0 spiro atoms. The molecule has 5 nitrogen and oxygen atoms in total. The number of nitrogens with one attached hydrogen (secondary N) is 1. The molecule has 6 heteroatoms. The number of rotatable bonds is 5. The molecule has 1 N–H and O–H groups in total. The molecule has 0 fully saturated rings. The quantitative estimate of drug-likeness (QED) is 0.905. The van der Waals surface area contributed by atoms with Crippen molar-refractivity contribution in [1.29, 1.82) is 0 Å². The van der Waals surface area contributed by atoms with Gasteiger partial charge in [0.05, 0.1) is 6.54 Å². The van der Waals surface area contributed by atoms with Gasteiger partial charge in [-0.25, -0.2) is 4.79 Å². The van der Waals surface area contributed by atoms with E-state index in [0.717, 1.165) is 17.0 Å². The molecule has 0 atom stereocenters. The smallest absolute Gasteiger partial charge is 0.317 e. The third-order valence-electron chi connectivity index (χ3n) is 3.71. The van der Waals surface area contributed by atoms with Crippen molar-refractivity contribution >= 4 is 17.6 Å². The average Bonchev–Trinajstić information content (AvgIpc) is 2.90. The predicted molar refractivity (Wildman–Crippen MR) is 90.6 cm³/mol. The molecule has 2 aromatic rings. The zero-order valence-electron chi connectivity index (χ0n) is 13.9. The fourth-order valence-corrected chi connectivity index (χ4v) is 2.44. The van der Waals surface area contributed by atoms with Crippen LogP contribution >= 0.6 is 11.6 Å². The Hall–Kier alpha value is -2.01. The fourth-order valence-electron chi connectivity index (χ4n) is 2.25. The van der Waals surface area contributed by atoms with Crippen LogP contribution in [0.5, 0.6) is 0 Å². The van der Waals surface area contributed by atoms with Crippen LogP contribution in [0, 0.1) is 6.92 Å². The summed E-state index contributed by atoms with van der Waals surface area (Å²) in [4.78, 5) is 13.8. The predicted octanol–water partition coefficient (Wildman–Crippen LogP) is 3.76. The number of hydrogen-bond acceptors (Lipinski definition) is 3. The number of amides is 2. The van der Waals surface area contributed by atoms with Crippen LogP contribution in [-0.4, -0.2) is 29.7 Å². The molecule has 0 aliphatic rings. The molecule has 2 rings (SSSR count). The topological polar surface area (TPSA) is 58.4 Å². The van der Waals surface area contributed by atoms with Crippen molar-refractivity contribution in [3.8, 4) is 0 Å². The lowest BCUT2D eigenvalue weighted by Crippen LogP contribution is -2.42. The molecule has 0 aliphatic carbocycles. The Morgan fingerprint density at radius 1 is 1.39 bits per heavy atom. The Morgan fingerprint density at radius 2 is 2.13 bits per heavy atom. The molecule has 0 unspecified atom stereocenters. The Labute approximate surface area is 141 Å². The summed E-state index contributed by atoms with van der Waals surface area (Å²) >= 11 is 6.04. The summed E-state index contributed by atoms with van der Waals surface area (Å²) < 4.78 is 5.01. The standard InChI is InChI=1S/C17H22ClN3O2/c1-12-8-15(20-23-12)10-21(4)16(22)19-11-17(2,3)13-6-5-7-14(18)9-13/h5-9H,10-11H2,1-4H3,(H,19,22). The second kappa shape index (κ2) is 7.04. The van der Waals surface area contributed by atoms with E-state index < -0.39 is 0 Å². The lowest BCUT2D eigenvalue weighted by atomic mass is 9.84. The Bertz CT molecular complexity index is 682. The third kappa shape index (κ3) is 4.73. The van der Waals surface area contributed by atoms with Crippen molar-refractivity contribution in [3.63, 3.8) is 0 Å². The Morgan fingerprint density at radius 3 is 2.74 bits per heavy atom. The van der Waals surface area contributed by atoms with Gasteiger partial charge in [-0.3, -0.25) is 0 Å². The highest BCUT2D eigenvalue weighted by Crippen LogP contribution is 2.24. The van der Waals surface area contributed by atoms with Crippen LogP contribution in [-0.2, 0) is 12.0 Å². The maximum absolute atomic E-state index is 12.2. The van der Waals surface area contributed by atoms with Crippen molar-refractivity contribution in [2.75, 3.05) is 13.6 Å². The zero-order valence-corrected chi connectivity index (χ0v) is 14.6. The monoisotopic (exact) mass is 335 g/mol. The van der Waals surface area contributed by atoms with Crippen molar-refractivity contribution < 1.29 is 9.32 Å². The van der Waals surface area contributed by atoms with E-state index in [2.05, 4.69) is 24.3 Å². The van der Waals surface area contributed by atoms with E-state index in [1.807, 2.05) is 37.3 Å². The first-order valence-corrected chi connectivity index (χ1v) is 7.83. The van der Waals surface area contributed by atoms with E-state index in [0.29, 0.717) is 18.1 Å². The second-order valence-electron chi connectivity index (χ2n) is 6.34. The molecule has 1 heterocycles. The first-order chi connectivity index (χ1) is 10.8. The molecule has 1 aromatic heterocycles. The van der Waals surface area contributed by atoms with Crippen LogP contribution in [0.1, 0.15) is 30.9 Å². The van der Waals surface area contributed by atoms with E-state index >= 15 is 0 Å². The molecular weight excluding hydrogens is 314 g/mol. The number of benzene rings is 1. The van der Waals surface area contributed by atoms with Crippen LogP contribution in [0.4, 0.5) is 4.79 Å². The van der Waals surface area contributed by atoms with Gasteiger partial charge in [-0.15, -0.1) is 0 Å². The van der Waals surface area contributed by atoms with Crippen LogP contribution < -0.4 is 5.32 Å². The number of urea groups is 1. The average molecular weight is 336 g/mol. The summed E-state index contributed by atoms with van der Waals surface area (Å²) in [6.07, 6.45) is 0. The molecule has 2 amide bonds. The normalized spacial score (nSPS) is 11.3. The van der Waals surface area contributed by atoms with E-state index in [1.54, 1.807) is 11.9 Å². The molecule has 0 saturated carbocycles. The summed E-state index contributed by atoms with van der Waals surface area (Å²) in [5, 5.41) is 7.54. The van der Waals surface area contributed by atoms with Gasteiger partial charge >= 0.3 is 6.03 Å². The SMILES string of the molecule is Cc1cc(CN(C)C(=O)NCC(C)(C)c2cccc(Cl)c2)no1. The molecular formula is C17H22ClN3O2. The first kappa shape index (κ1) is 17.3. The van der Waals surface area contributed by atoms with Crippen LogP contribution in [0.15, 0.2) is 34.9 Å². The maximum Gasteiger partial charge on any atom is 0.317 e. The van der Waals surface area contributed by atoms with Crippen LogP contribution in [0.2, 0.25) is 5.02 Å². The van der Waals surface area contributed by atoms with E-state index in [-0.39, 0.29) is 11.4 Å². The maximum atomic E-state index is 12.2. The van der Waals surface area contributed by atoms with Crippen molar-refractivity contribution in [1.82, 2.24) is 15.4 Å².